The van der Waals surface area contributed by atoms with Crippen LogP contribution in [0.15, 0.2) is 30.3 Å². The molecule has 34 heavy (non-hydrogen) atoms. The summed E-state index contributed by atoms with van der Waals surface area (Å²) in [4.78, 5) is 15.2. The van der Waals surface area contributed by atoms with Crippen LogP contribution in [-0.2, 0) is 9.53 Å². The fourth-order valence-corrected chi connectivity index (χ4v) is 4.87. The van der Waals surface area contributed by atoms with Crippen molar-refractivity contribution in [3.8, 4) is 0 Å². The molecule has 2 N–H and O–H groups in total. The summed E-state index contributed by atoms with van der Waals surface area (Å²) in [5.74, 6) is -0.119. The molecule has 0 spiro atoms. The molecule has 1 saturated heterocycles. The summed E-state index contributed by atoms with van der Waals surface area (Å²) in [7, 11) is 0. The number of rotatable bonds is 18. The van der Waals surface area contributed by atoms with Gasteiger partial charge in [-0.15, -0.1) is 0 Å². The van der Waals surface area contributed by atoms with Crippen molar-refractivity contribution in [2.75, 3.05) is 19.7 Å². The maximum absolute atomic E-state index is 13.2. The van der Waals surface area contributed by atoms with Crippen molar-refractivity contribution in [1.29, 1.82) is 0 Å². The van der Waals surface area contributed by atoms with E-state index in [4.69, 9.17) is 4.74 Å². The highest BCUT2D eigenvalue weighted by Gasteiger charge is 2.28. The number of amides is 1. The van der Waals surface area contributed by atoms with E-state index in [1.807, 2.05) is 30.0 Å². The van der Waals surface area contributed by atoms with E-state index in [0.717, 1.165) is 18.4 Å². The van der Waals surface area contributed by atoms with Crippen LogP contribution in [0.4, 0.5) is 0 Å². The van der Waals surface area contributed by atoms with Gasteiger partial charge in [0.1, 0.15) is 12.5 Å². The van der Waals surface area contributed by atoms with E-state index in [1.54, 1.807) is 0 Å². The standard InChI is InChI=1S/C29H50N2O3/c1-3-5-6-7-8-9-10-11-12-13-14-18-21-26(25-19-16-15-17-20-25)29(33)30-27-24-31(22-23-34-27)28(32)4-2/h15-17,19-20,26-28,32H,3-14,18,21-24H2,1-2H3,(H,30,33)/t26?,27-,28?/m0/s1. The zero-order valence-corrected chi connectivity index (χ0v) is 21.9. The first-order valence-corrected chi connectivity index (χ1v) is 14.0. The number of unbranched alkanes of at least 4 members (excludes halogenated alkanes) is 11. The molecule has 194 valence electrons. The molecule has 1 aromatic rings. The van der Waals surface area contributed by atoms with Crippen LogP contribution in [0, 0.1) is 0 Å². The third-order valence-corrected chi connectivity index (χ3v) is 7.05. The van der Waals surface area contributed by atoms with Crippen LogP contribution in [-0.4, -0.2) is 48.1 Å². The van der Waals surface area contributed by atoms with Crippen molar-refractivity contribution in [3.05, 3.63) is 35.9 Å². The van der Waals surface area contributed by atoms with Crippen molar-refractivity contribution in [2.45, 2.75) is 122 Å². The van der Waals surface area contributed by atoms with Crippen LogP contribution in [0.5, 0.6) is 0 Å². The summed E-state index contributed by atoms with van der Waals surface area (Å²) in [6, 6.07) is 10.1. The molecule has 3 atom stereocenters. The Hall–Kier alpha value is -1.43. The Kier molecular flexibility index (Phi) is 15.2. The molecule has 1 fully saturated rings. The Morgan fingerprint density at radius 3 is 2.15 bits per heavy atom. The first-order chi connectivity index (χ1) is 16.7. The fraction of sp³-hybridized carbons (Fsp3) is 0.759. The number of aliphatic hydroxyl groups is 1. The summed E-state index contributed by atoms with van der Waals surface area (Å²) in [6.07, 6.45) is 16.5. The number of morpholine rings is 1. The Morgan fingerprint density at radius 2 is 1.56 bits per heavy atom. The number of hydrogen-bond donors (Lipinski definition) is 2. The van der Waals surface area contributed by atoms with Crippen molar-refractivity contribution in [3.63, 3.8) is 0 Å². The van der Waals surface area contributed by atoms with Gasteiger partial charge in [0, 0.05) is 13.1 Å². The Labute approximate surface area is 208 Å². The van der Waals surface area contributed by atoms with E-state index >= 15 is 0 Å². The van der Waals surface area contributed by atoms with Crippen LogP contribution in [0.3, 0.4) is 0 Å². The van der Waals surface area contributed by atoms with E-state index < -0.39 is 6.23 Å². The second-order valence-corrected chi connectivity index (χ2v) is 9.89. The van der Waals surface area contributed by atoms with Crippen LogP contribution in [0.1, 0.15) is 115 Å². The summed E-state index contributed by atoms with van der Waals surface area (Å²) in [5, 5.41) is 13.3. The largest absolute Gasteiger partial charge is 0.378 e. The van der Waals surface area contributed by atoms with Gasteiger partial charge < -0.3 is 15.2 Å². The van der Waals surface area contributed by atoms with E-state index in [9.17, 15) is 9.90 Å². The van der Waals surface area contributed by atoms with Gasteiger partial charge >= 0.3 is 0 Å². The smallest absolute Gasteiger partial charge is 0.229 e. The quantitative estimate of drug-likeness (QED) is 0.243. The van der Waals surface area contributed by atoms with Crippen LogP contribution < -0.4 is 5.32 Å². The predicted molar refractivity (Wildman–Crippen MR) is 141 cm³/mol. The summed E-state index contributed by atoms with van der Waals surface area (Å²) in [5.41, 5.74) is 1.07. The van der Waals surface area contributed by atoms with Gasteiger partial charge in [-0.1, -0.05) is 121 Å². The normalized spacial score (nSPS) is 18.5. The van der Waals surface area contributed by atoms with Crippen molar-refractivity contribution in [1.82, 2.24) is 10.2 Å². The van der Waals surface area contributed by atoms with Gasteiger partial charge in [0.15, 0.2) is 0 Å². The lowest BCUT2D eigenvalue weighted by Crippen LogP contribution is -2.54. The molecule has 0 saturated carbocycles. The van der Waals surface area contributed by atoms with Crippen molar-refractivity contribution >= 4 is 5.91 Å². The lowest BCUT2D eigenvalue weighted by Gasteiger charge is -2.36. The number of carbonyl (C=O) groups excluding carboxylic acids is 1. The van der Waals surface area contributed by atoms with Gasteiger partial charge in [-0.3, -0.25) is 9.69 Å². The van der Waals surface area contributed by atoms with Gasteiger partial charge in [-0.05, 0) is 18.4 Å². The molecule has 0 aliphatic carbocycles. The van der Waals surface area contributed by atoms with E-state index in [0.29, 0.717) is 26.1 Å². The molecular weight excluding hydrogens is 424 g/mol. The molecule has 5 heteroatoms. The van der Waals surface area contributed by atoms with E-state index in [2.05, 4.69) is 24.4 Å². The molecule has 1 aromatic carbocycles. The monoisotopic (exact) mass is 474 g/mol. The number of nitrogens with zero attached hydrogens (tertiary/aromatic N) is 1. The highest BCUT2D eigenvalue weighted by atomic mass is 16.5. The highest BCUT2D eigenvalue weighted by molar-refractivity contribution is 5.83. The number of nitrogens with one attached hydrogen (secondary N) is 1. The minimum absolute atomic E-state index is 0.0344. The molecule has 1 aliphatic heterocycles. The molecule has 1 heterocycles. The lowest BCUT2D eigenvalue weighted by molar-refractivity contribution is -0.136. The minimum Gasteiger partial charge on any atom is -0.378 e. The van der Waals surface area contributed by atoms with Gasteiger partial charge in [0.05, 0.1) is 12.5 Å². The average molecular weight is 475 g/mol. The summed E-state index contributed by atoms with van der Waals surface area (Å²) >= 11 is 0. The Balaban J connectivity index is 1.70. The third kappa shape index (κ3) is 11.3. The molecule has 1 amide bonds. The van der Waals surface area contributed by atoms with Crippen molar-refractivity contribution in [2.24, 2.45) is 0 Å². The summed E-state index contributed by atoms with van der Waals surface area (Å²) < 4.78 is 5.79. The SMILES string of the molecule is CCCCCCCCCCCCCCC(C(=O)N[C@@H]1CN(C(O)CC)CCO1)c1ccccc1. The number of benzene rings is 1. The van der Waals surface area contributed by atoms with Crippen LogP contribution >= 0.6 is 0 Å². The Morgan fingerprint density at radius 1 is 0.971 bits per heavy atom. The number of carbonyl (C=O) groups is 1. The zero-order chi connectivity index (χ0) is 24.4. The second kappa shape index (κ2) is 17.9. The van der Waals surface area contributed by atoms with Gasteiger partial charge in [0.2, 0.25) is 5.91 Å². The van der Waals surface area contributed by atoms with E-state index in [1.165, 1.54) is 70.6 Å². The second-order valence-electron chi connectivity index (χ2n) is 9.89. The molecule has 0 bridgehead atoms. The van der Waals surface area contributed by atoms with Crippen molar-refractivity contribution < 1.29 is 14.6 Å². The summed E-state index contributed by atoms with van der Waals surface area (Å²) in [6.45, 7) is 5.99. The van der Waals surface area contributed by atoms with Crippen LogP contribution in [0.25, 0.3) is 0 Å². The molecule has 2 rings (SSSR count). The van der Waals surface area contributed by atoms with Crippen LogP contribution in [0.2, 0.25) is 0 Å². The first kappa shape index (κ1) is 28.8. The topological polar surface area (TPSA) is 61.8 Å². The maximum atomic E-state index is 13.2. The molecule has 0 radical (unpaired) electrons. The highest BCUT2D eigenvalue weighted by Crippen LogP contribution is 2.24. The fourth-order valence-electron chi connectivity index (χ4n) is 4.87. The zero-order valence-electron chi connectivity index (χ0n) is 21.9. The molecule has 1 aliphatic rings. The predicted octanol–water partition coefficient (Wildman–Crippen LogP) is 6.36. The lowest BCUT2D eigenvalue weighted by atomic mass is 9.92. The number of aliphatic hydroxyl groups excluding tert-OH is 1. The average Bonchev–Trinajstić information content (AvgIpc) is 2.87. The van der Waals surface area contributed by atoms with Gasteiger partial charge in [0.25, 0.3) is 0 Å². The maximum Gasteiger partial charge on any atom is 0.229 e. The molecule has 0 aromatic heterocycles. The van der Waals surface area contributed by atoms with E-state index in [-0.39, 0.29) is 18.1 Å². The third-order valence-electron chi connectivity index (χ3n) is 7.05. The first-order valence-electron chi connectivity index (χ1n) is 14.0. The van der Waals surface area contributed by atoms with Gasteiger partial charge in [-0.25, -0.2) is 0 Å². The van der Waals surface area contributed by atoms with Gasteiger partial charge in [-0.2, -0.15) is 0 Å². The molecular formula is C29H50N2O3. The number of ether oxygens (including phenoxy) is 1. The number of hydrogen-bond acceptors (Lipinski definition) is 4. The molecule has 2 unspecified atom stereocenters. The molecule has 5 nitrogen and oxygen atoms in total. The Bertz CT molecular complexity index is 640. The minimum atomic E-state index is -0.478.